The van der Waals surface area contributed by atoms with Crippen molar-refractivity contribution in [1.29, 1.82) is 0 Å². The molecule has 0 bridgehead atoms. The zero-order valence-electron chi connectivity index (χ0n) is 19.6. The van der Waals surface area contributed by atoms with Gasteiger partial charge in [-0.25, -0.2) is 13.2 Å². The van der Waals surface area contributed by atoms with E-state index in [0.717, 1.165) is 4.57 Å². The van der Waals surface area contributed by atoms with E-state index in [0.29, 0.717) is 23.4 Å². The van der Waals surface area contributed by atoms with Crippen LogP contribution >= 0.6 is 0 Å². The van der Waals surface area contributed by atoms with Crippen LogP contribution in [0.2, 0.25) is 0 Å². The maximum atomic E-state index is 14.7. The number of carbonyl (C=O) groups is 1. The van der Waals surface area contributed by atoms with E-state index in [1.165, 1.54) is 24.7 Å². The third-order valence-corrected chi connectivity index (χ3v) is 6.21. The van der Waals surface area contributed by atoms with Crippen LogP contribution in [0.15, 0.2) is 41.6 Å². The van der Waals surface area contributed by atoms with Crippen molar-refractivity contribution in [3.8, 4) is 5.75 Å². The number of alkyl halides is 2. The van der Waals surface area contributed by atoms with Gasteiger partial charge in [0, 0.05) is 38.2 Å². The van der Waals surface area contributed by atoms with Gasteiger partial charge < -0.3 is 20.3 Å². The molecule has 0 aliphatic carbocycles. The molecule has 1 aromatic carbocycles. The van der Waals surface area contributed by atoms with Crippen LogP contribution in [0.4, 0.5) is 18.9 Å². The van der Waals surface area contributed by atoms with Crippen LogP contribution in [-0.2, 0) is 26.4 Å². The highest BCUT2D eigenvalue weighted by atomic mass is 19.3. The van der Waals surface area contributed by atoms with E-state index < -0.39 is 47.6 Å². The molecular formula is C24H22F3N7O3. The van der Waals surface area contributed by atoms with Gasteiger partial charge in [0.15, 0.2) is 5.75 Å². The van der Waals surface area contributed by atoms with Gasteiger partial charge in [-0.1, -0.05) is 12.1 Å². The summed E-state index contributed by atoms with van der Waals surface area (Å²) in [6.07, 6.45) is 3.37. The highest BCUT2D eigenvalue weighted by Gasteiger charge is 2.37. The molecule has 0 radical (unpaired) electrons. The summed E-state index contributed by atoms with van der Waals surface area (Å²) in [5.74, 6) is -4.79. The van der Waals surface area contributed by atoms with Crippen LogP contribution in [0.25, 0.3) is 11.0 Å². The van der Waals surface area contributed by atoms with Crippen molar-refractivity contribution < 1.29 is 23.1 Å². The number of amides is 1. The minimum Gasteiger partial charge on any atom is -0.505 e. The summed E-state index contributed by atoms with van der Waals surface area (Å²) in [4.78, 5) is 30.5. The number of aromatic nitrogens is 5. The van der Waals surface area contributed by atoms with Gasteiger partial charge in [-0.15, -0.1) is 10.2 Å². The molecule has 0 unspecified atom stereocenters. The minimum atomic E-state index is -3.33. The standard InChI is InChI=1S/C24H22F3N7O3/c1-33-12-31-32-16(33)6-7-28-22(36)17-21(35)19-20-18(30-10-24(26,27)11-34(20)23(17)37)14(9-29-19)8-13-2-4-15(25)5-3-13/h2-5,9,12,30,35H,6-8,10-11H2,1H3,(H,28,36). The lowest BCUT2D eigenvalue weighted by atomic mass is 10.0. The first-order chi connectivity index (χ1) is 17.6. The van der Waals surface area contributed by atoms with E-state index in [1.54, 1.807) is 23.7 Å². The summed E-state index contributed by atoms with van der Waals surface area (Å²) in [6.45, 7) is -1.72. The number of benzene rings is 1. The maximum absolute atomic E-state index is 14.7. The molecule has 0 saturated carbocycles. The zero-order valence-corrected chi connectivity index (χ0v) is 19.6. The summed E-state index contributed by atoms with van der Waals surface area (Å²) in [5.41, 5.74) is -0.595. The van der Waals surface area contributed by atoms with Crippen molar-refractivity contribution in [3.05, 3.63) is 75.5 Å². The Morgan fingerprint density at radius 3 is 2.73 bits per heavy atom. The molecule has 10 nitrogen and oxygen atoms in total. The molecule has 0 saturated heterocycles. The van der Waals surface area contributed by atoms with Gasteiger partial charge in [0.1, 0.15) is 29.0 Å². The predicted molar refractivity (Wildman–Crippen MR) is 127 cm³/mol. The molecule has 0 spiro atoms. The van der Waals surface area contributed by atoms with Crippen LogP contribution in [-0.4, -0.2) is 54.3 Å². The first kappa shape index (κ1) is 24.3. The van der Waals surface area contributed by atoms with Crippen LogP contribution in [0, 0.1) is 5.82 Å². The maximum Gasteiger partial charge on any atom is 0.282 e. The zero-order chi connectivity index (χ0) is 26.3. The molecule has 4 aromatic rings. The Morgan fingerprint density at radius 1 is 1.27 bits per heavy atom. The molecule has 1 aliphatic heterocycles. The normalized spacial score (nSPS) is 14.3. The van der Waals surface area contributed by atoms with Crippen molar-refractivity contribution in [2.24, 2.45) is 7.05 Å². The van der Waals surface area contributed by atoms with Gasteiger partial charge in [0.05, 0.1) is 24.3 Å². The number of rotatable bonds is 6. The second-order valence-electron chi connectivity index (χ2n) is 8.85. The molecule has 1 aliphatic rings. The fourth-order valence-electron chi connectivity index (χ4n) is 4.35. The number of carbonyl (C=O) groups excluding carboxylic acids is 1. The van der Waals surface area contributed by atoms with E-state index >= 15 is 0 Å². The first-order valence-electron chi connectivity index (χ1n) is 11.4. The fraction of sp³-hybridized carbons (Fsp3) is 0.292. The molecule has 5 rings (SSSR count). The Kier molecular flexibility index (Phi) is 6.05. The number of anilines is 1. The number of halogens is 3. The Balaban J connectivity index is 1.57. The Bertz CT molecular complexity index is 1560. The summed E-state index contributed by atoms with van der Waals surface area (Å²) in [5, 5.41) is 23.8. The fourth-order valence-corrected chi connectivity index (χ4v) is 4.35. The molecule has 3 N–H and O–H groups in total. The number of aromatic hydroxyl groups is 1. The number of pyridine rings is 2. The number of hydrogen-bond acceptors (Lipinski definition) is 7. The molecule has 4 heterocycles. The predicted octanol–water partition coefficient (Wildman–Crippen LogP) is 1.99. The number of hydrogen-bond donors (Lipinski definition) is 3. The largest absolute Gasteiger partial charge is 0.505 e. The second kappa shape index (κ2) is 9.22. The van der Waals surface area contributed by atoms with Crippen molar-refractivity contribution in [2.75, 3.05) is 18.4 Å². The molecule has 3 aromatic heterocycles. The molecule has 1 amide bonds. The Hall–Kier alpha value is -4.42. The molecule has 37 heavy (non-hydrogen) atoms. The highest BCUT2D eigenvalue weighted by molar-refractivity contribution is 6.04. The molecule has 0 fully saturated rings. The van der Waals surface area contributed by atoms with Crippen LogP contribution in [0.5, 0.6) is 5.75 Å². The van der Waals surface area contributed by atoms with Crippen molar-refractivity contribution >= 4 is 22.6 Å². The van der Waals surface area contributed by atoms with Gasteiger partial charge in [-0.05, 0) is 17.7 Å². The second-order valence-corrected chi connectivity index (χ2v) is 8.85. The summed E-state index contributed by atoms with van der Waals surface area (Å²) in [7, 11) is 1.73. The van der Waals surface area contributed by atoms with Gasteiger partial charge in [0.25, 0.3) is 17.4 Å². The monoisotopic (exact) mass is 513 g/mol. The van der Waals surface area contributed by atoms with Crippen molar-refractivity contribution in [3.63, 3.8) is 0 Å². The van der Waals surface area contributed by atoms with Crippen molar-refractivity contribution in [2.45, 2.75) is 25.3 Å². The average molecular weight is 513 g/mol. The number of nitrogens with zero attached hydrogens (tertiary/aromatic N) is 5. The quantitative estimate of drug-likeness (QED) is 0.360. The van der Waals surface area contributed by atoms with E-state index in [9.17, 15) is 27.9 Å². The third kappa shape index (κ3) is 4.59. The third-order valence-electron chi connectivity index (χ3n) is 6.21. The topological polar surface area (TPSA) is 127 Å². The van der Waals surface area contributed by atoms with Gasteiger partial charge >= 0.3 is 0 Å². The summed E-state index contributed by atoms with van der Waals surface area (Å²) < 4.78 is 45.2. The minimum absolute atomic E-state index is 0.0325. The molecule has 13 heteroatoms. The van der Waals surface area contributed by atoms with E-state index in [2.05, 4.69) is 25.8 Å². The van der Waals surface area contributed by atoms with Gasteiger partial charge in [-0.3, -0.25) is 19.1 Å². The molecule has 0 atom stereocenters. The summed E-state index contributed by atoms with van der Waals surface area (Å²) in [6, 6.07) is 5.66. The van der Waals surface area contributed by atoms with Gasteiger partial charge in [-0.2, -0.15) is 0 Å². The first-order valence-corrected chi connectivity index (χ1v) is 11.4. The summed E-state index contributed by atoms with van der Waals surface area (Å²) >= 11 is 0. The van der Waals surface area contributed by atoms with Crippen molar-refractivity contribution in [1.82, 2.24) is 29.6 Å². The van der Waals surface area contributed by atoms with Crippen LogP contribution in [0.3, 0.4) is 0 Å². The Morgan fingerprint density at radius 2 is 2.03 bits per heavy atom. The average Bonchev–Trinajstić information content (AvgIpc) is 3.19. The lowest BCUT2D eigenvalue weighted by Crippen LogP contribution is -2.38. The van der Waals surface area contributed by atoms with Crippen LogP contribution in [0.1, 0.15) is 27.3 Å². The Labute approximate surface area is 207 Å². The van der Waals surface area contributed by atoms with E-state index in [1.807, 2.05) is 0 Å². The van der Waals surface area contributed by atoms with Crippen LogP contribution < -0.4 is 16.2 Å². The molecular weight excluding hydrogens is 491 g/mol. The number of aryl methyl sites for hydroxylation is 1. The van der Waals surface area contributed by atoms with E-state index in [-0.39, 0.29) is 29.7 Å². The SMILES string of the molecule is Cn1cnnc1CCNC(=O)c1c(O)c2ncc(Cc3ccc(F)cc3)c3c2n(c1=O)CC(F)(F)CN3. The van der Waals surface area contributed by atoms with E-state index in [4.69, 9.17) is 0 Å². The smallest absolute Gasteiger partial charge is 0.282 e. The molecule has 192 valence electrons. The lowest BCUT2D eigenvalue weighted by Gasteiger charge is -2.17. The number of nitrogens with one attached hydrogen (secondary N) is 2. The highest BCUT2D eigenvalue weighted by Crippen LogP contribution is 2.36. The van der Waals surface area contributed by atoms with Gasteiger partial charge in [0.2, 0.25) is 0 Å². The lowest BCUT2D eigenvalue weighted by molar-refractivity contribution is -0.000937.